The topological polar surface area (TPSA) is 67.8 Å². The number of rotatable bonds is 5. The van der Waals surface area contributed by atoms with Crippen LogP contribution in [0.5, 0.6) is 11.5 Å². The lowest BCUT2D eigenvalue weighted by Gasteiger charge is -2.19. The van der Waals surface area contributed by atoms with Crippen LogP contribution >= 0.6 is 0 Å². The van der Waals surface area contributed by atoms with Crippen molar-refractivity contribution in [3.63, 3.8) is 0 Å². The lowest BCUT2D eigenvalue weighted by molar-refractivity contribution is 0.0944. The van der Waals surface area contributed by atoms with Gasteiger partial charge in [0.1, 0.15) is 13.2 Å². The molecule has 2 rings (SSSR count). The van der Waals surface area contributed by atoms with Gasteiger partial charge in [-0.05, 0) is 30.5 Å². The van der Waals surface area contributed by atoms with Gasteiger partial charge in [0.15, 0.2) is 11.5 Å². The number of amides is 1. The first kappa shape index (κ1) is 13.7. The van der Waals surface area contributed by atoms with Gasteiger partial charge in [-0.2, -0.15) is 0 Å². The number of aliphatic hydroxyl groups excluding tert-OH is 1. The number of carbonyl (C=O) groups is 1. The molecule has 1 amide bonds. The van der Waals surface area contributed by atoms with E-state index in [9.17, 15) is 4.79 Å². The summed E-state index contributed by atoms with van der Waals surface area (Å²) in [5.41, 5.74) is 0.556. The fourth-order valence-corrected chi connectivity index (χ4v) is 1.88. The summed E-state index contributed by atoms with van der Waals surface area (Å²) in [5, 5.41) is 11.7. The van der Waals surface area contributed by atoms with E-state index < -0.39 is 0 Å². The van der Waals surface area contributed by atoms with Crippen molar-refractivity contribution in [2.75, 3.05) is 26.4 Å². The smallest absolute Gasteiger partial charge is 0.251 e. The summed E-state index contributed by atoms with van der Waals surface area (Å²) in [7, 11) is 0. The highest BCUT2D eigenvalue weighted by Gasteiger charge is 2.15. The number of benzene rings is 1. The van der Waals surface area contributed by atoms with Gasteiger partial charge in [-0.3, -0.25) is 4.79 Å². The van der Waals surface area contributed by atoms with Crippen molar-refractivity contribution in [3.05, 3.63) is 23.8 Å². The number of hydrogen-bond acceptors (Lipinski definition) is 4. The van der Waals surface area contributed by atoms with Gasteiger partial charge in [0, 0.05) is 18.7 Å². The molecule has 0 fully saturated rings. The van der Waals surface area contributed by atoms with Crippen LogP contribution in [0.15, 0.2) is 18.2 Å². The average molecular weight is 265 g/mol. The number of carbonyl (C=O) groups excluding carboxylic acids is 1. The van der Waals surface area contributed by atoms with E-state index in [2.05, 4.69) is 5.32 Å². The van der Waals surface area contributed by atoms with Crippen molar-refractivity contribution in [2.45, 2.75) is 13.3 Å². The molecule has 0 aromatic heterocycles. The maximum absolute atomic E-state index is 12.0. The molecule has 2 N–H and O–H groups in total. The van der Waals surface area contributed by atoms with Crippen molar-refractivity contribution >= 4 is 5.91 Å². The quantitative estimate of drug-likeness (QED) is 0.839. The molecule has 0 bridgehead atoms. The van der Waals surface area contributed by atoms with Crippen molar-refractivity contribution in [2.24, 2.45) is 5.92 Å². The van der Waals surface area contributed by atoms with Gasteiger partial charge < -0.3 is 19.9 Å². The monoisotopic (exact) mass is 265 g/mol. The van der Waals surface area contributed by atoms with E-state index >= 15 is 0 Å². The fraction of sp³-hybridized carbons (Fsp3) is 0.500. The molecule has 0 radical (unpaired) electrons. The predicted molar refractivity (Wildman–Crippen MR) is 70.6 cm³/mol. The molecule has 104 valence electrons. The van der Waals surface area contributed by atoms with Gasteiger partial charge in [-0.25, -0.2) is 0 Å². The van der Waals surface area contributed by atoms with Crippen LogP contribution in [0.2, 0.25) is 0 Å². The van der Waals surface area contributed by atoms with Gasteiger partial charge in [0.05, 0.1) is 0 Å². The Balaban J connectivity index is 1.95. The van der Waals surface area contributed by atoms with Crippen LogP contribution in [-0.4, -0.2) is 37.4 Å². The molecule has 0 spiro atoms. The summed E-state index contributed by atoms with van der Waals surface area (Å²) in [5.74, 6) is 1.41. The lowest BCUT2D eigenvalue weighted by Crippen LogP contribution is -2.28. The standard InChI is InChI=1S/C14H19NO4/c1-10(4-5-16)9-15-14(17)11-2-3-12-13(8-11)19-7-6-18-12/h2-3,8,10,16H,4-7,9H2,1H3,(H,15,17). The molecule has 0 aliphatic carbocycles. The summed E-state index contributed by atoms with van der Waals surface area (Å²) in [6.07, 6.45) is 0.682. The van der Waals surface area contributed by atoms with Crippen LogP contribution in [0.1, 0.15) is 23.7 Å². The molecular formula is C14H19NO4. The lowest BCUT2D eigenvalue weighted by atomic mass is 10.1. The van der Waals surface area contributed by atoms with Crippen LogP contribution in [0, 0.1) is 5.92 Å². The Labute approximate surface area is 112 Å². The van der Waals surface area contributed by atoms with Gasteiger partial charge in [0.2, 0.25) is 0 Å². The normalized spacial score (nSPS) is 14.8. The highest BCUT2D eigenvalue weighted by Crippen LogP contribution is 2.30. The summed E-state index contributed by atoms with van der Waals surface area (Å²) >= 11 is 0. The van der Waals surface area contributed by atoms with Crippen molar-refractivity contribution < 1.29 is 19.4 Å². The second-order valence-electron chi connectivity index (χ2n) is 4.69. The number of hydrogen-bond donors (Lipinski definition) is 2. The third-order valence-corrected chi connectivity index (χ3v) is 3.04. The maximum Gasteiger partial charge on any atom is 0.251 e. The largest absolute Gasteiger partial charge is 0.486 e. The zero-order valence-electron chi connectivity index (χ0n) is 11.0. The highest BCUT2D eigenvalue weighted by atomic mass is 16.6. The summed E-state index contributed by atoms with van der Waals surface area (Å²) in [6, 6.07) is 5.17. The first-order valence-corrected chi connectivity index (χ1v) is 6.49. The minimum atomic E-state index is -0.137. The number of fused-ring (bicyclic) bond motifs is 1. The van der Waals surface area contributed by atoms with E-state index in [1.54, 1.807) is 18.2 Å². The van der Waals surface area contributed by atoms with Crippen LogP contribution in [0.3, 0.4) is 0 Å². The Kier molecular flexibility index (Phi) is 4.63. The Bertz CT molecular complexity index is 447. The van der Waals surface area contributed by atoms with Gasteiger partial charge in [-0.15, -0.1) is 0 Å². The van der Waals surface area contributed by atoms with Crippen molar-refractivity contribution in [1.82, 2.24) is 5.32 Å². The van der Waals surface area contributed by atoms with Crippen molar-refractivity contribution in [3.8, 4) is 11.5 Å². The van der Waals surface area contributed by atoms with E-state index in [1.165, 1.54) is 0 Å². The van der Waals surface area contributed by atoms with Crippen LogP contribution in [-0.2, 0) is 0 Å². The highest BCUT2D eigenvalue weighted by molar-refractivity contribution is 5.94. The van der Waals surface area contributed by atoms with Crippen LogP contribution < -0.4 is 14.8 Å². The summed E-state index contributed by atoms with van der Waals surface area (Å²) in [4.78, 5) is 12.0. The molecule has 1 heterocycles. The Hall–Kier alpha value is -1.75. The number of ether oxygens (including phenoxy) is 2. The molecule has 1 aliphatic rings. The molecule has 1 aromatic rings. The molecule has 5 heteroatoms. The summed E-state index contributed by atoms with van der Waals surface area (Å²) < 4.78 is 10.8. The Morgan fingerprint density at radius 3 is 2.84 bits per heavy atom. The Morgan fingerprint density at radius 2 is 2.11 bits per heavy atom. The van der Waals surface area contributed by atoms with Gasteiger partial charge in [0.25, 0.3) is 5.91 Å². The third kappa shape index (κ3) is 3.61. The van der Waals surface area contributed by atoms with Crippen molar-refractivity contribution in [1.29, 1.82) is 0 Å². The van der Waals surface area contributed by atoms with Crippen LogP contribution in [0.25, 0.3) is 0 Å². The average Bonchev–Trinajstić information content (AvgIpc) is 2.44. The second kappa shape index (κ2) is 6.43. The summed E-state index contributed by atoms with van der Waals surface area (Å²) in [6.45, 7) is 3.72. The predicted octanol–water partition coefficient (Wildman–Crippen LogP) is 1.21. The first-order chi connectivity index (χ1) is 9.20. The number of aliphatic hydroxyl groups is 1. The van der Waals surface area contributed by atoms with Crippen LogP contribution in [0.4, 0.5) is 0 Å². The molecule has 1 aromatic carbocycles. The fourth-order valence-electron chi connectivity index (χ4n) is 1.88. The Morgan fingerprint density at radius 1 is 1.37 bits per heavy atom. The maximum atomic E-state index is 12.0. The third-order valence-electron chi connectivity index (χ3n) is 3.04. The minimum absolute atomic E-state index is 0.137. The van der Waals surface area contributed by atoms with Gasteiger partial charge in [-0.1, -0.05) is 6.92 Å². The molecular weight excluding hydrogens is 246 g/mol. The zero-order valence-corrected chi connectivity index (χ0v) is 11.0. The molecule has 1 unspecified atom stereocenters. The van der Waals surface area contributed by atoms with E-state index in [4.69, 9.17) is 14.6 Å². The molecule has 1 atom stereocenters. The molecule has 1 aliphatic heterocycles. The number of nitrogens with one attached hydrogen (secondary N) is 1. The van der Waals surface area contributed by atoms with Gasteiger partial charge >= 0.3 is 0 Å². The zero-order chi connectivity index (χ0) is 13.7. The van der Waals surface area contributed by atoms with E-state index in [0.29, 0.717) is 43.2 Å². The minimum Gasteiger partial charge on any atom is -0.486 e. The SMILES string of the molecule is CC(CCO)CNC(=O)c1ccc2c(c1)OCCO2. The molecule has 5 nitrogen and oxygen atoms in total. The first-order valence-electron chi connectivity index (χ1n) is 6.49. The van der Waals surface area contributed by atoms with E-state index in [0.717, 1.165) is 0 Å². The van der Waals surface area contributed by atoms with E-state index in [-0.39, 0.29) is 18.4 Å². The molecule has 19 heavy (non-hydrogen) atoms. The van der Waals surface area contributed by atoms with E-state index in [1.807, 2.05) is 6.92 Å². The molecule has 0 saturated heterocycles. The second-order valence-corrected chi connectivity index (χ2v) is 4.69. The molecule has 0 saturated carbocycles.